The third-order valence-corrected chi connectivity index (χ3v) is 7.51. The highest BCUT2D eigenvalue weighted by molar-refractivity contribution is 7.80. The molecule has 0 spiro atoms. The number of nitrogens with two attached hydrogens (primary N) is 1. The largest absolute Gasteiger partial charge is 0.490 e. The second-order valence-electron chi connectivity index (χ2n) is 9.90. The number of hydrogen-bond acceptors (Lipinski definition) is 15. The summed E-state index contributed by atoms with van der Waals surface area (Å²) < 4.78 is 39.0. The van der Waals surface area contributed by atoms with Crippen molar-refractivity contribution in [2.45, 2.75) is 31.5 Å². The van der Waals surface area contributed by atoms with Gasteiger partial charge in [0.05, 0.1) is 11.6 Å². The fourth-order valence-corrected chi connectivity index (χ4v) is 5.26. The number of pyridine rings is 1. The van der Waals surface area contributed by atoms with Crippen LogP contribution in [0.3, 0.4) is 0 Å². The third kappa shape index (κ3) is 7.92. The van der Waals surface area contributed by atoms with E-state index in [1.165, 1.54) is 11.3 Å². The van der Waals surface area contributed by atoms with Gasteiger partial charge in [-0.3, -0.25) is 14.1 Å². The molecule has 1 aromatic carbocycles. The van der Waals surface area contributed by atoms with E-state index >= 15 is 0 Å². The smallest absolute Gasteiger partial charge is 0.418 e. The molecule has 18 heteroatoms. The number of hydroxylamine groups is 2. The number of hydrogen-bond donors (Lipinski definition) is 5. The molecule has 0 aliphatic carbocycles. The standard InChI is InChI=1S/C19H20N6O3S.C6H12N2O5S/c20-19-24-17(11-29-19)16(10-26)25-28-6-5-27-14-1-2-15-12(7-14)3-4-22-18(15)23-13-8-21-9-13;1-6(2)4(7-3)5(9)8(6)13-14(10,11)12/h1-4,7,10-11,13,21H,5-6,8-9H2,(H2,20,24)(H,22,23);4,7H,1-3H3,(H,10,11,12)/b25-16+;/t;4-/m.1/s1. The number of nitrogen functional groups attached to an aromatic ring is 1. The zero-order valence-electron chi connectivity index (χ0n) is 23.5. The molecule has 16 nitrogen and oxygen atoms in total. The number of carbonyl (C=O) groups excluding carboxylic acids is 2. The van der Waals surface area contributed by atoms with Gasteiger partial charge in [0, 0.05) is 30.1 Å². The van der Waals surface area contributed by atoms with Crippen LogP contribution in [-0.2, 0) is 29.1 Å². The SMILES string of the molecule is CN[C@@H]1C(=O)N(OS(=O)(=O)O)C1(C)C.Nc1nc(/C(C=O)=N/OCCOc2ccc3c(NC4CNC4)nccc3c2)cs1. The van der Waals surface area contributed by atoms with Gasteiger partial charge in [-0.15, -0.1) is 15.6 Å². The van der Waals surface area contributed by atoms with Crippen LogP contribution in [0.5, 0.6) is 5.75 Å². The number of likely N-dealkylation sites (N-methyl/N-ethyl adjacent to an activating group) is 1. The number of amides is 1. The molecule has 4 heterocycles. The minimum atomic E-state index is -4.64. The second-order valence-corrected chi connectivity index (χ2v) is 11.8. The highest BCUT2D eigenvalue weighted by Crippen LogP contribution is 2.32. The van der Waals surface area contributed by atoms with Gasteiger partial charge < -0.3 is 31.3 Å². The molecule has 2 aromatic heterocycles. The van der Waals surface area contributed by atoms with Gasteiger partial charge in [0.25, 0.3) is 5.91 Å². The van der Waals surface area contributed by atoms with Gasteiger partial charge in [-0.25, -0.2) is 9.97 Å². The highest BCUT2D eigenvalue weighted by Gasteiger charge is 2.56. The van der Waals surface area contributed by atoms with Crippen LogP contribution in [-0.4, -0.2) is 96.9 Å². The predicted molar refractivity (Wildman–Crippen MR) is 159 cm³/mol. The van der Waals surface area contributed by atoms with E-state index in [1.54, 1.807) is 32.5 Å². The molecule has 2 saturated heterocycles. The van der Waals surface area contributed by atoms with E-state index in [1.807, 2.05) is 24.3 Å². The van der Waals surface area contributed by atoms with Crippen molar-refractivity contribution < 1.29 is 36.4 Å². The Morgan fingerprint density at radius 2 is 2.09 bits per heavy atom. The average molecular weight is 637 g/mol. The van der Waals surface area contributed by atoms with Gasteiger partial charge >= 0.3 is 10.4 Å². The Bertz CT molecular complexity index is 1590. The normalized spacial score (nSPS) is 18.2. The van der Waals surface area contributed by atoms with E-state index in [-0.39, 0.29) is 18.9 Å². The molecule has 232 valence electrons. The maximum Gasteiger partial charge on any atom is 0.418 e. The first-order chi connectivity index (χ1) is 20.4. The molecule has 5 rings (SSSR count). The van der Waals surface area contributed by atoms with Gasteiger partial charge in [-0.05, 0) is 50.5 Å². The first-order valence-corrected chi connectivity index (χ1v) is 15.2. The lowest BCUT2D eigenvalue weighted by Gasteiger charge is -2.50. The number of nitrogens with one attached hydrogen (secondary N) is 3. The number of benzene rings is 1. The number of β-lactam (4-membered cyclic amide) rings is 1. The van der Waals surface area contributed by atoms with Crippen LogP contribution in [0.1, 0.15) is 19.5 Å². The monoisotopic (exact) mass is 636 g/mol. The molecule has 0 unspecified atom stereocenters. The second kappa shape index (κ2) is 13.6. The Morgan fingerprint density at radius 3 is 2.67 bits per heavy atom. The quantitative estimate of drug-likeness (QED) is 0.0459. The number of thiazole rings is 1. The number of fused-ring (bicyclic) bond motifs is 1. The minimum absolute atomic E-state index is 0.0952. The topological polar surface area (TPSA) is 220 Å². The fraction of sp³-hybridized carbons (Fsp3) is 0.400. The Balaban J connectivity index is 0.000000255. The van der Waals surface area contributed by atoms with Crippen LogP contribution in [0, 0.1) is 0 Å². The summed E-state index contributed by atoms with van der Waals surface area (Å²) in [5.74, 6) is 1.06. The number of carbonyl (C=O) groups is 2. The predicted octanol–water partition coefficient (Wildman–Crippen LogP) is 0.585. The summed E-state index contributed by atoms with van der Waals surface area (Å²) in [4.78, 5) is 36.0. The van der Waals surface area contributed by atoms with Gasteiger partial charge in [0.1, 0.15) is 29.9 Å². The summed E-state index contributed by atoms with van der Waals surface area (Å²) in [6.45, 7) is 5.59. The molecule has 2 aliphatic heterocycles. The van der Waals surface area contributed by atoms with Crippen molar-refractivity contribution in [2.75, 3.05) is 44.4 Å². The molecule has 6 N–H and O–H groups in total. The first-order valence-electron chi connectivity index (χ1n) is 13.0. The summed E-state index contributed by atoms with van der Waals surface area (Å²) in [7, 11) is -3.06. The highest BCUT2D eigenvalue weighted by atomic mass is 32.3. The number of anilines is 2. The number of ether oxygens (including phenoxy) is 1. The van der Waals surface area contributed by atoms with Crippen molar-refractivity contribution in [3.8, 4) is 5.75 Å². The zero-order chi connectivity index (χ0) is 31.2. The number of aldehydes is 1. The average Bonchev–Trinajstić information content (AvgIpc) is 3.37. The Morgan fingerprint density at radius 1 is 1.33 bits per heavy atom. The Kier molecular flexibility index (Phi) is 10.1. The molecule has 1 amide bonds. The van der Waals surface area contributed by atoms with Crippen LogP contribution in [0.25, 0.3) is 10.8 Å². The first kappa shape index (κ1) is 32.0. The fourth-order valence-electron chi connectivity index (χ4n) is 4.25. The van der Waals surface area contributed by atoms with Crippen molar-refractivity contribution in [1.29, 1.82) is 0 Å². The lowest BCUT2D eigenvalue weighted by molar-refractivity contribution is -0.218. The van der Waals surface area contributed by atoms with E-state index in [0.29, 0.717) is 28.2 Å². The van der Waals surface area contributed by atoms with Crippen molar-refractivity contribution in [1.82, 2.24) is 25.7 Å². The van der Waals surface area contributed by atoms with E-state index in [4.69, 9.17) is 19.9 Å². The summed E-state index contributed by atoms with van der Waals surface area (Å²) >= 11 is 1.23. The van der Waals surface area contributed by atoms with Gasteiger partial charge in [0.15, 0.2) is 23.7 Å². The summed E-state index contributed by atoms with van der Waals surface area (Å²) in [6, 6.07) is 7.69. The number of nitrogens with zero attached hydrogens (tertiary/aromatic N) is 4. The molecular weight excluding hydrogens is 604 g/mol. The van der Waals surface area contributed by atoms with Crippen LogP contribution in [0.15, 0.2) is 41.0 Å². The van der Waals surface area contributed by atoms with Crippen molar-refractivity contribution in [2.24, 2.45) is 5.16 Å². The molecule has 0 bridgehead atoms. The molecule has 1 atom stereocenters. The molecule has 0 saturated carbocycles. The third-order valence-electron chi connectivity index (χ3n) is 6.49. The summed E-state index contributed by atoms with van der Waals surface area (Å²) in [6.07, 6.45) is 2.36. The summed E-state index contributed by atoms with van der Waals surface area (Å²) in [5.41, 5.74) is 5.25. The zero-order valence-corrected chi connectivity index (χ0v) is 25.1. The van der Waals surface area contributed by atoms with Crippen LogP contribution in [0.2, 0.25) is 0 Å². The lowest BCUT2D eigenvalue weighted by atomic mass is 9.85. The lowest BCUT2D eigenvalue weighted by Crippen LogP contribution is -2.75. The van der Waals surface area contributed by atoms with Crippen molar-refractivity contribution in [3.05, 3.63) is 41.5 Å². The van der Waals surface area contributed by atoms with Crippen LogP contribution >= 0.6 is 11.3 Å². The molecule has 3 aromatic rings. The maximum absolute atomic E-state index is 11.2. The Labute approximate surface area is 251 Å². The van der Waals surface area contributed by atoms with Crippen LogP contribution in [0.4, 0.5) is 10.9 Å². The minimum Gasteiger partial charge on any atom is -0.490 e. The number of aromatic nitrogens is 2. The van der Waals surface area contributed by atoms with Crippen molar-refractivity contribution >= 4 is 61.4 Å². The van der Waals surface area contributed by atoms with E-state index in [9.17, 15) is 18.0 Å². The van der Waals surface area contributed by atoms with E-state index < -0.39 is 27.9 Å². The molecule has 2 fully saturated rings. The van der Waals surface area contributed by atoms with Crippen molar-refractivity contribution in [3.63, 3.8) is 0 Å². The Hall–Kier alpha value is -3.94. The molecular formula is C25H32N8O8S2. The molecule has 0 radical (unpaired) electrons. The molecule has 2 aliphatic rings. The van der Waals surface area contributed by atoms with Gasteiger partial charge in [-0.2, -0.15) is 13.5 Å². The number of oxime groups is 1. The van der Waals surface area contributed by atoms with E-state index in [2.05, 4.69) is 35.4 Å². The van der Waals surface area contributed by atoms with Gasteiger partial charge in [0.2, 0.25) is 0 Å². The van der Waals surface area contributed by atoms with E-state index in [0.717, 1.165) is 35.4 Å². The number of rotatable bonds is 12. The van der Waals surface area contributed by atoms with Gasteiger partial charge in [-0.1, -0.05) is 5.16 Å². The molecule has 43 heavy (non-hydrogen) atoms. The summed E-state index contributed by atoms with van der Waals surface area (Å²) in [5, 5.41) is 17.9. The van der Waals surface area contributed by atoms with Crippen LogP contribution < -0.4 is 26.4 Å². The maximum atomic E-state index is 11.2.